The Morgan fingerprint density at radius 3 is 1.86 bits per heavy atom. The van der Waals surface area contributed by atoms with E-state index >= 15 is 0 Å². The SMILES string of the molecule is c1ccc(-c2cccc(N(c3ccc(-c4cccc5ccccc45)cc3)c3cc4ccccc4c4c3ccc3ccc5nc(-c6ccccc6)oc5c34)c2)cc1. The van der Waals surface area contributed by atoms with E-state index in [9.17, 15) is 0 Å². The number of nitrogens with zero attached hydrogens (tertiary/aromatic N) is 2. The van der Waals surface area contributed by atoms with E-state index in [2.05, 4.69) is 181 Å². The predicted octanol–water partition coefficient (Wildman–Crippen LogP) is 14.9. The van der Waals surface area contributed by atoms with Gasteiger partial charge in [-0.25, -0.2) is 4.98 Å². The average molecular weight is 715 g/mol. The lowest BCUT2D eigenvalue weighted by Gasteiger charge is -2.28. The summed E-state index contributed by atoms with van der Waals surface area (Å²) in [5.74, 6) is 0.621. The zero-order chi connectivity index (χ0) is 37.0. The first-order valence-corrected chi connectivity index (χ1v) is 19.0. The molecule has 0 spiro atoms. The Labute approximate surface area is 324 Å². The van der Waals surface area contributed by atoms with Gasteiger partial charge in [-0.05, 0) is 97.7 Å². The van der Waals surface area contributed by atoms with Crippen LogP contribution >= 0.6 is 0 Å². The van der Waals surface area contributed by atoms with Crippen LogP contribution < -0.4 is 4.90 Å². The van der Waals surface area contributed by atoms with Crippen LogP contribution in [-0.2, 0) is 0 Å². The van der Waals surface area contributed by atoms with E-state index in [1.807, 2.05) is 30.3 Å². The molecule has 0 aliphatic heterocycles. The fourth-order valence-corrected chi connectivity index (χ4v) is 8.40. The van der Waals surface area contributed by atoms with Crippen LogP contribution in [0, 0.1) is 0 Å². The van der Waals surface area contributed by atoms with Gasteiger partial charge in [0.15, 0.2) is 5.58 Å². The van der Waals surface area contributed by atoms with Crippen molar-refractivity contribution in [3.8, 4) is 33.7 Å². The third kappa shape index (κ3) is 5.32. The summed E-state index contributed by atoms with van der Waals surface area (Å²) in [4.78, 5) is 7.40. The molecule has 0 saturated carbocycles. The van der Waals surface area contributed by atoms with Gasteiger partial charge in [0.05, 0.1) is 5.69 Å². The van der Waals surface area contributed by atoms with Crippen LogP contribution in [-0.4, -0.2) is 4.98 Å². The zero-order valence-electron chi connectivity index (χ0n) is 30.4. The lowest BCUT2D eigenvalue weighted by atomic mass is 9.93. The highest BCUT2D eigenvalue weighted by Gasteiger charge is 2.22. The Balaban J connectivity index is 1.18. The van der Waals surface area contributed by atoms with E-state index in [1.165, 1.54) is 32.8 Å². The Bertz CT molecular complexity index is 3230. The highest BCUT2D eigenvalue weighted by Crippen LogP contribution is 2.46. The van der Waals surface area contributed by atoms with E-state index in [4.69, 9.17) is 9.40 Å². The van der Waals surface area contributed by atoms with Crippen LogP contribution in [0.4, 0.5) is 17.1 Å². The lowest BCUT2D eigenvalue weighted by Crippen LogP contribution is -2.11. The Kier molecular flexibility index (Phi) is 7.49. The second-order valence-corrected chi connectivity index (χ2v) is 14.3. The first kappa shape index (κ1) is 32.0. The van der Waals surface area contributed by atoms with Gasteiger partial charge < -0.3 is 9.32 Å². The van der Waals surface area contributed by atoms with Crippen molar-refractivity contribution < 1.29 is 4.42 Å². The summed E-state index contributed by atoms with van der Waals surface area (Å²) in [5.41, 5.74) is 10.6. The minimum Gasteiger partial charge on any atom is -0.435 e. The molecular formula is C53H34N2O. The molecule has 0 bridgehead atoms. The maximum absolute atomic E-state index is 6.72. The van der Waals surface area contributed by atoms with Crippen molar-refractivity contribution >= 4 is 71.3 Å². The molecule has 0 atom stereocenters. The number of oxazole rings is 1. The molecular weight excluding hydrogens is 681 g/mol. The van der Waals surface area contributed by atoms with Gasteiger partial charge in [-0.15, -0.1) is 0 Å². The third-order valence-electron chi connectivity index (χ3n) is 11.0. The van der Waals surface area contributed by atoms with Crippen molar-refractivity contribution in [3.63, 3.8) is 0 Å². The van der Waals surface area contributed by atoms with Gasteiger partial charge in [-0.2, -0.15) is 0 Å². The molecule has 11 aromatic rings. The number of fused-ring (bicyclic) bond motifs is 8. The van der Waals surface area contributed by atoms with Gasteiger partial charge in [0.2, 0.25) is 5.89 Å². The predicted molar refractivity (Wildman–Crippen MR) is 235 cm³/mol. The molecule has 11 rings (SSSR count). The fourth-order valence-electron chi connectivity index (χ4n) is 8.40. The van der Waals surface area contributed by atoms with Crippen LogP contribution in [0.15, 0.2) is 211 Å². The van der Waals surface area contributed by atoms with Gasteiger partial charge in [0, 0.05) is 33.1 Å². The van der Waals surface area contributed by atoms with Crippen molar-refractivity contribution in [3.05, 3.63) is 206 Å². The Morgan fingerprint density at radius 2 is 1.04 bits per heavy atom. The van der Waals surface area contributed by atoms with Crippen molar-refractivity contribution in [2.75, 3.05) is 4.90 Å². The molecule has 3 heteroatoms. The number of aromatic nitrogens is 1. The van der Waals surface area contributed by atoms with Crippen LogP contribution in [0.1, 0.15) is 0 Å². The molecule has 262 valence electrons. The molecule has 0 radical (unpaired) electrons. The smallest absolute Gasteiger partial charge is 0.227 e. The highest BCUT2D eigenvalue weighted by molar-refractivity contribution is 6.29. The molecule has 0 aliphatic carbocycles. The summed E-state index contributed by atoms with van der Waals surface area (Å²) in [6, 6.07) is 73.6. The molecule has 0 N–H and O–H groups in total. The summed E-state index contributed by atoms with van der Waals surface area (Å²) in [6.45, 7) is 0. The van der Waals surface area contributed by atoms with Gasteiger partial charge in [0.25, 0.3) is 0 Å². The number of hydrogen-bond acceptors (Lipinski definition) is 3. The summed E-state index contributed by atoms with van der Waals surface area (Å²) in [7, 11) is 0. The summed E-state index contributed by atoms with van der Waals surface area (Å²) in [6.07, 6.45) is 0. The van der Waals surface area contributed by atoms with Crippen molar-refractivity contribution in [2.45, 2.75) is 0 Å². The number of anilines is 3. The third-order valence-corrected chi connectivity index (χ3v) is 11.0. The first-order valence-electron chi connectivity index (χ1n) is 19.0. The first-order chi connectivity index (χ1) is 27.8. The van der Waals surface area contributed by atoms with Crippen LogP contribution in [0.3, 0.4) is 0 Å². The molecule has 0 saturated heterocycles. The molecule has 0 fully saturated rings. The topological polar surface area (TPSA) is 29.3 Å². The van der Waals surface area contributed by atoms with Crippen molar-refractivity contribution in [1.82, 2.24) is 4.98 Å². The average Bonchev–Trinajstić information content (AvgIpc) is 3.72. The van der Waals surface area contributed by atoms with Gasteiger partial charge in [-0.3, -0.25) is 0 Å². The molecule has 0 unspecified atom stereocenters. The summed E-state index contributed by atoms with van der Waals surface area (Å²) < 4.78 is 6.72. The fraction of sp³-hybridized carbons (Fsp3) is 0. The maximum Gasteiger partial charge on any atom is 0.227 e. The molecule has 0 aliphatic rings. The van der Waals surface area contributed by atoms with Crippen molar-refractivity contribution in [1.29, 1.82) is 0 Å². The zero-order valence-corrected chi connectivity index (χ0v) is 30.4. The second kappa shape index (κ2) is 13.1. The van der Waals surface area contributed by atoms with E-state index < -0.39 is 0 Å². The largest absolute Gasteiger partial charge is 0.435 e. The van der Waals surface area contributed by atoms with Crippen molar-refractivity contribution in [2.24, 2.45) is 0 Å². The molecule has 3 nitrogen and oxygen atoms in total. The number of hydrogen-bond donors (Lipinski definition) is 0. The molecule has 10 aromatic carbocycles. The normalized spacial score (nSPS) is 11.6. The van der Waals surface area contributed by atoms with Crippen LogP contribution in [0.25, 0.3) is 87.9 Å². The number of benzene rings is 10. The Morgan fingerprint density at radius 1 is 0.375 bits per heavy atom. The maximum atomic E-state index is 6.72. The quantitative estimate of drug-likeness (QED) is 0.161. The molecule has 0 amide bonds. The van der Waals surface area contributed by atoms with E-state index in [0.29, 0.717) is 5.89 Å². The minimum absolute atomic E-state index is 0.621. The Hall–Kier alpha value is -7.49. The monoisotopic (exact) mass is 714 g/mol. The second-order valence-electron chi connectivity index (χ2n) is 14.3. The summed E-state index contributed by atoms with van der Waals surface area (Å²) >= 11 is 0. The standard InChI is InChI=1S/C53H34N2O/c1-3-13-35(14-4-1)40-20-11-21-43(33-40)55(42-29-25-37(26-30-42)45-24-12-19-36-15-7-9-22-44(36)45)49-34-41-18-8-10-23-46(41)51-47(49)31-27-38-28-32-48-52(50(38)51)56-53(54-48)39-16-5-2-6-17-39/h1-34H. The lowest BCUT2D eigenvalue weighted by molar-refractivity contribution is 0.623. The van der Waals surface area contributed by atoms with Gasteiger partial charge in [0.1, 0.15) is 5.52 Å². The minimum atomic E-state index is 0.621. The van der Waals surface area contributed by atoms with Crippen LogP contribution in [0.2, 0.25) is 0 Å². The van der Waals surface area contributed by atoms with Crippen LogP contribution in [0.5, 0.6) is 0 Å². The van der Waals surface area contributed by atoms with Gasteiger partial charge in [-0.1, -0.05) is 158 Å². The molecule has 56 heavy (non-hydrogen) atoms. The van der Waals surface area contributed by atoms with E-state index in [1.54, 1.807) is 0 Å². The molecule has 1 heterocycles. The molecule has 1 aromatic heterocycles. The van der Waals surface area contributed by atoms with E-state index in [0.717, 1.165) is 66.2 Å². The highest BCUT2D eigenvalue weighted by atomic mass is 16.3. The summed E-state index contributed by atoms with van der Waals surface area (Å²) in [5, 5.41) is 9.26. The number of rotatable bonds is 6. The van der Waals surface area contributed by atoms with E-state index in [-0.39, 0.29) is 0 Å². The van der Waals surface area contributed by atoms with Gasteiger partial charge >= 0.3 is 0 Å².